The lowest BCUT2D eigenvalue weighted by Gasteiger charge is -2.11. The molecule has 2 rings (SSSR count). The average molecular weight is 432 g/mol. The first-order valence-corrected chi connectivity index (χ1v) is 10.4. The number of aliphatic imine (C=N–C) groups is 1. The highest BCUT2D eigenvalue weighted by Gasteiger charge is 2.06. The van der Waals surface area contributed by atoms with Gasteiger partial charge >= 0.3 is 0 Å². The Bertz CT molecular complexity index is 733. The molecule has 1 atom stereocenters. The van der Waals surface area contributed by atoms with Crippen molar-refractivity contribution >= 4 is 6.21 Å². The molecule has 0 radical (unpaired) electrons. The monoisotopic (exact) mass is 431 g/mol. The summed E-state index contributed by atoms with van der Waals surface area (Å²) in [5, 5.41) is 9.66. The van der Waals surface area contributed by atoms with Gasteiger partial charge in [0.25, 0.3) is 0 Å². The Balaban J connectivity index is 1.68. The normalized spacial score (nSPS) is 12.2. The predicted molar refractivity (Wildman–Crippen MR) is 121 cm³/mol. The summed E-state index contributed by atoms with van der Waals surface area (Å²) in [5.74, 6) is 1.59. The van der Waals surface area contributed by atoms with E-state index in [9.17, 15) is 5.11 Å². The first-order chi connectivity index (χ1) is 15.2. The molecule has 0 aliphatic carbocycles. The molecule has 0 fully saturated rings. The van der Waals surface area contributed by atoms with Gasteiger partial charge in [-0.05, 0) is 53.9 Å². The molecule has 170 valence electrons. The van der Waals surface area contributed by atoms with Crippen LogP contribution in [0, 0.1) is 0 Å². The van der Waals surface area contributed by atoms with Crippen molar-refractivity contribution in [1.29, 1.82) is 0 Å². The minimum absolute atomic E-state index is 0.0164. The van der Waals surface area contributed by atoms with E-state index in [0.717, 1.165) is 22.6 Å². The van der Waals surface area contributed by atoms with E-state index in [1.165, 1.54) is 0 Å². The third kappa shape index (κ3) is 10.4. The summed E-state index contributed by atoms with van der Waals surface area (Å²) in [4.78, 5) is 4.51. The lowest BCUT2D eigenvalue weighted by atomic mass is 10.1. The summed E-state index contributed by atoms with van der Waals surface area (Å²) in [6.45, 7) is 3.21. The van der Waals surface area contributed by atoms with Crippen LogP contribution in [0.15, 0.2) is 53.5 Å². The number of ether oxygens (including phenoxy) is 5. The molecule has 0 bridgehead atoms. The molecule has 0 amide bonds. The summed E-state index contributed by atoms with van der Waals surface area (Å²) in [6, 6.07) is 15.3. The molecule has 31 heavy (non-hydrogen) atoms. The second kappa shape index (κ2) is 15.4. The summed E-state index contributed by atoms with van der Waals surface area (Å²) in [5.41, 5.74) is 2.05. The molecule has 0 spiro atoms. The number of benzene rings is 2. The van der Waals surface area contributed by atoms with E-state index in [4.69, 9.17) is 23.7 Å². The highest BCUT2D eigenvalue weighted by Crippen LogP contribution is 2.15. The topological polar surface area (TPSA) is 78.7 Å². The van der Waals surface area contributed by atoms with Gasteiger partial charge in [-0.2, -0.15) is 0 Å². The van der Waals surface area contributed by atoms with Gasteiger partial charge in [-0.3, -0.25) is 4.99 Å². The van der Waals surface area contributed by atoms with Crippen LogP contribution in [-0.4, -0.2) is 77.8 Å². The molecule has 2 aromatic carbocycles. The van der Waals surface area contributed by atoms with Gasteiger partial charge in [0.05, 0.1) is 52.8 Å². The van der Waals surface area contributed by atoms with Gasteiger partial charge in [-0.15, -0.1) is 0 Å². The number of methoxy groups -OCH3 is 2. The molecule has 7 heteroatoms. The third-order valence-corrected chi connectivity index (χ3v) is 4.46. The van der Waals surface area contributed by atoms with Gasteiger partial charge in [-0.25, -0.2) is 0 Å². The van der Waals surface area contributed by atoms with Gasteiger partial charge in [0.1, 0.15) is 18.1 Å². The molecule has 1 N–H and O–H groups in total. The predicted octanol–water partition coefficient (Wildman–Crippen LogP) is 2.78. The molecule has 0 aromatic heterocycles. The summed E-state index contributed by atoms with van der Waals surface area (Å²) >= 11 is 0. The minimum Gasteiger partial charge on any atom is -0.497 e. The van der Waals surface area contributed by atoms with Crippen molar-refractivity contribution in [1.82, 2.24) is 0 Å². The number of hydrogen-bond donors (Lipinski definition) is 1. The maximum atomic E-state index is 9.66. The van der Waals surface area contributed by atoms with Crippen LogP contribution in [0.4, 0.5) is 0 Å². The molecule has 0 saturated heterocycles. The van der Waals surface area contributed by atoms with Crippen LogP contribution < -0.4 is 9.47 Å². The van der Waals surface area contributed by atoms with E-state index in [1.807, 2.05) is 48.5 Å². The van der Waals surface area contributed by atoms with E-state index < -0.39 is 0 Å². The van der Waals surface area contributed by atoms with Crippen LogP contribution in [0.3, 0.4) is 0 Å². The van der Waals surface area contributed by atoms with Gasteiger partial charge in [-0.1, -0.05) is 12.1 Å². The second-order valence-corrected chi connectivity index (χ2v) is 6.80. The van der Waals surface area contributed by atoms with Crippen molar-refractivity contribution in [3.05, 3.63) is 59.7 Å². The van der Waals surface area contributed by atoms with Gasteiger partial charge in [0.15, 0.2) is 0 Å². The fraction of sp³-hybridized carbons (Fsp3) is 0.458. The molecule has 7 nitrogen and oxygen atoms in total. The zero-order valence-corrected chi connectivity index (χ0v) is 18.4. The Morgan fingerprint density at radius 2 is 1.42 bits per heavy atom. The fourth-order valence-electron chi connectivity index (χ4n) is 2.72. The summed E-state index contributed by atoms with van der Waals surface area (Å²) in [6.07, 6.45) is 2.43. The van der Waals surface area contributed by atoms with Crippen LogP contribution in [-0.2, 0) is 20.6 Å². The van der Waals surface area contributed by atoms with Crippen molar-refractivity contribution in [2.45, 2.75) is 12.5 Å². The molecular weight excluding hydrogens is 398 g/mol. The maximum Gasteiger partial charge on any atom is 0.119 e. The number of hydrogen-bond acceptors (Lipinski definition) is 7. The van der Waals surface area contributed by atoms with Crippen molar-refractivity contribution in [2.24, 2.45) is 4.99 Å². The molecule has 2 aromatic rings. The zero-order valence-electron chi connectivity index (χ0n) is 18.4. The van der Waals surface area contributed by atoms with Gasteiger partial charge in [0.2, 0.25) is 0 Å². The van der Waals surface area contributed by atoms with Gasteiger partial charge < -0.3 is 28.8 Å². The first-order valence-electron chi connectivity index (χ1n) is 10.4. The van der Waals surface area contributed by atoms with Crippen LogP contribution in [0.1, 0.15) is 11.1 Å². The maximum absolute atomic E-state index is 9.66. The molecular formula is C24H33NO6. The highest BCUT2D eigenvalue weighted by atomic mass is 16.6. The Kier molecular flexibility index (Phi) is 12.3. The first kappa shape index (κ1) is 24.8. The lowest BCUT2D eigenvalue weighted by Crippen LogP contribution is -2.14. The molecule has 0 heterocycles. The Morgan fingerprint density at radius 3 is 2.03 bits per heavy atom. The van der Waals surface area contributed by atoms with E-state index in [0.29, 0.717) is 46.1 Å². The minimum atomic E-state index is -0.201. The molecule has 0 aliphatic rings. The summed E-state index contributed by atoms with van der Waals surface area (Å²) < 4.78 is 26.5. The zero-order chi connectivity index (χ0) is 22.2. The van der Waals surface area contributed by atoms with E-state index in [-0.39, 0.29) is 12.6 Å². The molecule has 0 unspecified atom stereocenters. The van der Waals surface area contributed by atoms with Gasteiger partial charge in [0, 0.05) is 13.3 Å². The van der Waals surface area contributed by atoms with Crippen LogP contribution in [0.25, 0.3) is 0 Å². The van der Waals surface area contributed by atoms with Crippen LogP contribution in [0.5, 0.6) is 11.5 Å². The lowest BCUT2D eigenvalue weighted by molar-refractivity contribution is 0.0180. The average Bonchev–Trinajstić information content (AvgIpc) is 2.82. The van der Waals surface area contributed by atoms with E-state index >= 15 is 0 Å². The number of nitrogens with zero attached hydrogens (tertiary/aromatic N) is 1. The molecule has 0 aliphatic heterocycles. The van der Waals surface area contributed by atoms with Crippen LogP contribution >= 0.6 is 0 Å². The Labute approximate surface area is 184 Å². The second-order valence-electron chi connectivity index (χ2n) is 6.80. The third-order valence-electron chi connectivity index (χ3n) is 4.46. The quantitative estimate of drug-likeness (QED) is 0.325. The Hall–Kier alpha value is -2.45. The van der Waals surface area contributed by atoms with Crippen molar-refractivity contribution < 1.29 is 28.8 Å². The number of rotatable bonds is 16. The fourth-order valence-corrected chi connectivity index (χ4v) is 2.72. The van der Waals surface area contributed by atoms with Crippen LogP contribution in [0.2, 0.25) is 0 Å². The highest BCUT2D eigenvalue weighted by molar-refractivity contribution is 5.79. The van der Waals surface area contributed by atoms with E-state index in [2.05, 4.69) is 4.99 Å². The summed E-state index contributed by atoms with van der Waals surface area (Å²) in [7, 11) is 3.28. The number of aliphatic hydroxyl groups excluding tert-OH is 1. The van der Waals surface area contributed by atoms with Crippen molar-refractivity contribution in [3.63, 3.8) is 0 Å². The molecule has 0 saturated carbocycles. The van der Waals surface area contributed by atoms with E-state index in [1.54, 1.807) is 20.4 Å². The number of aliphatic hydroxyl groups is 1. The van der Waals surface area contributed by atoms with Crippen molar-refractivity contribution in [2.75, 3.05) is 60.5 Å². The smallest absolute Gasteiger partial charge is 0.119 e. The van der Waals surface area contributed by atoms with Crippen molar-refractivity contribution in [3.8, 4) is 11.5 Å². The standard InChI is InChI=1S/C24H33NO6/c1-27-11-12-29-13-14-30-15-16-31-24-9-3-20(4-10-24)17-22(19-26)25-18-21-5-7-23(28-2)8-6-21/h3-10,18,22,26H,11-17,19H2,1-2H3/t22-/m0/s1. The largest absolute Gasteiger partial charge is 0.497 e. The Morgan fingerprint density at radius 1 is 0.806 bits per heavy atom. The SMILES string of the molecule is COCCOCCOCCOc1ccc(C[C@@H](CO)N=Cc2ccc(OC)cc2)cc1.